The maximum Gasteiger partial charge on any atom is 0.325 e. The Morgan fingerprint density at radius 1 is 1.50 bits per heavy atom. The van der Waals surface area contributed by atoms with E-state index in [2.05, 4.69) is 5.32 Å². The molecule has 0 aliphatic carbocycles. The van der Waals surface area contributed by atoms with Gasteiger partial charge in [-0.15, -0.1) is 0 Å². The molecule has 1 atom stereocenters. The maximum absolute atomic E-state index is 11.7. The van der Waals surface area contributed by atoms with Crippen molar-refractivity contribution in [3.8, 4) is 0 Å². The molecule has 2 N–H and O–H groups in total. The van der Waals surface area contributed by atoms with Crippen LogP contribution in [-0.4, -0.2) is 27.9 Å². The zero-order valence-electron chi connectivity index (χ0n) is 9.21. The lowest BCUT2D eigenvalue weighted by Gasteiger charge is -2.09. The fourth-order valence-corrected chi connectivity index (χ4v) is 1.36. The second kappa shape index (κ2) is 5.46. The second-order valence-electron chi connectivity index (χ2n) is 3.45. The van der Waals surface area contributed by atoms with Gasteiger partial charge in [0.25, 0.3) is 11.6 Å². The van der Waals surface area contributed by atoms with Gasteiger partial charge in [-0.2, -0.15) is 0 Å². The zero-order valence-corrected chi connectivity index (χ0v) is 9.97. The average Bonchev–Trinajstić information content (AvgIpc) is 2.28. The molecule has 0 aromatic heterocycles. The van der Waals surface area contributed by atoms with Crippen LogP contribution < -0.4 is 5.32 Å². The predicted molar refractivity (Wildman–Crippen MR) is 62.7 cm³/mol. The zero-order chi connectivity index (χ0) is 13.9. The van der Waals surface area contributed by atoms with Gasteiger partial charge < -0.3 is 10.4 Å². The van der Waals surface area contributed by atoms with Gasteiger partial charge in [0.15, 0.2) is 0 Å². The molecule has 0 saturated heterocycles. The third-order valence-corrected chi connectivity index (χ3v) is 2.35. The van der Waals surface area contributed by atoms with Crippen LogP contribution in [-0.2, 0) is 4.79 Å². The first kappa shape index (κ1) is 13.9. The SMILES string of the molecule is C[C@@H](NC(=O)c1cc(Cl)ccc1[N+](=O)[O-])C(=O)O. The van der Waals surface area contributed by atoms with Crippen LogP contribution in [0.2, 0.25) is 5.02 Å². The molecule has 0 heterocycles. The van der Waals surface area contributed by atoms with Crippen molar-refractivity contribution in [2.24, 2.45) is 0 Å². The lowest BCUT2D eigenvalue weighted by Crippen LogP contribution is -2.38. The van der Waals surface area contributed by atoms with E-state index in [1.807, 2.05) is 0 Å². The first-order chi connectivity index (χ1) is 8.32. The molecule has 1 amide bonds. The van der Waals surface area contributed by atoms with Crippen LogP contribution in [0.1, 0.15) is 17.3 Å². The van der Waals surface area contributed by atoms with E-state index in [9.17, 15) is 19.7 Å². The monoisotopic (exact) mass is 272 g/mol. The van der Waals surface area contributed by atoms with Gasteiger partial charge in [0.05, 0.1) is 4.92 Å². The Labute approximate surface area is 107 Å². The molecule has 1 rings (SSSR count). The third kappa shape index (κ3) is 3.17. The fourth-order valence-electron chi connectivity index (χ4n) is 1.19. The summed E-state index contributed by atoms with van der Waals surface area (Å²) in [5, 5.41) is 21.6. The number of aliphatic carboxylic acids is 1. The maximum atomic E-state index is 11.7. The van der Waals surface area contributed by atoms with E-state index in [0.29, 0.717) is 0 Å². The number of carbonyl (C=O) groups excluding carboxylic acids is 1. The fraction of sp³-hybridized carbons (Fsp3) is 0.200. The smallest absolute Gasteiger partial charge is 0.325 e. The normalized spacial score (nSPS) is 11.7. The highest BCUT2D eigenvalue weighted by Gasteiger charge is 2.23. The molecule has 96 valence electrons. The topological polar surface area (TPSA) is 110 Å². The van der Waals surface area contributed by atoms with Gasteiger partial charge in [0.1, 0.15) is 11.6 Å². The molecule has 0 spiro atoms. The summed E-state index contributed by atoms with van der Waals surface area (Å²) in [6, 6.07) is 2.32. The van der Waals surface area contributed by atoms with Crippen molar-refractivity contribution >= 4 is 29.2 Å². The van der Waals surface area contributed by atoms with Crippen LogP contribution in [0.4, 0.5) is 5.69 Å². The molecule has 7 nitrogen and oxygen atoms in total. The van der Waals surface area contributed by atoms with E-state index < -0.39 is 28.5 Å². The van der Waals surface area contributed by atoms with Gasteiger partial charge in [-0.3, -0.25) is 19.7 Å². The molecular weight excluding hydrogens is 264 g/mol. The number of carbonyl (C=O) groups is 2. The van der Waals surface area contributed by atoms with Gasteiger partial charge >= 0.3 is 5.97 Å². The number of hydrogen-bond donors (Lipinski definition) is 2. The summed E-state index contributed by atoms with van der Waals surface area (Å²) in [6.07, 6.45) is 0. The van der Waals surface area contributed by atoms with Crippen molar-refractivity contribution in [3.05, 3.63) is 38.9 Å². The minimum absolute atomic E-state index is 0.147. The summed E-state index contributed by atoms with van der Waals surface area (Å²) in [4.78, 5) is 32.3. The highest BCUT2D eigenvalue weighted by atomic mass is 35.5. The minimum atomic E-state index is -1.24. The number of nitro benzene ring substituents is 1. The van der Waals surface area contributed by atoms with Crippen molar-refractivity contribution in [2.45, 2.75) is 13.0 Å². The van der Waals surface area contributed by atoms with Gasteiger partial charge in [0, 0.05) is 11.1 Å². The molecule has 0 bridgehead atoms. The van der Waals surface area contributed by atoms with Gasteiger partial charge in [-0.25, -0.2) is 0 Å². The quantitative estimate of drug-likeness (QED) is 0.637. The summed E-state index contributed by atoms with van der Waals surface area (Å²) in [5.41, 5.74) is -0.713. The number of nitrogens with one attached hydrogen (secondary N) is 1. The molecule has 0 fully saturated rings. The second-order valence-corrected chi connectivity index (χ2v) is 3.89. The van der Waals surface area contributed by atoms with E-state index in [1.54, 1.807) is 0 Å². The highest BCUT2D eigenvalue weighted by molar-refractivity contribution is 6.31. The van der Waals surface area contributed by atoms with E-state index in [-0.39, 0.29) is 10.6 Å². The van der Waals surface area contributed by atoms with Crippen molar-refractivity contribution in [2.75, 3.05) is 0 Å². The van der Waals surface area contributed by atoms with Crippen molar-refractivity contribution < 1.29 is 19.6 Å². The minimum Gasteiger partial charge on any atom is -0.480 e. The third-order valence-electron chi connectivity index (χ3n) is 2.12. The number of rotatable bonds is 4. The first-order valence-corrected chi connectivity index (χ1v) is 5.18. The molecule has 0 saturated carbocycles. The van der Waals surface area contributed by atoms with Crippen molar-refractivity contribution in [1.82, 2.24) is 5.32 Å². The lowest BCUT2D eigenvalue weighted by atomic mass is 10.1. The predicted octanol–water partition coefficient (Wildman–Crippen LogP) is 1.45. The first-order valence-electron chi connectivity index (χ1n) is 4.80. The molecule has 0 aliphatic rings. The summed E-state index contributed by atoms with van der Waals surface area (Å²) in [6.45, 7) is 1.25. The van der Waals surface area contributed by atoms with E-state index >= 15 is 0 Å². The molecule has 18 heavy (non-hydrogen) atoms. The Balaban J connectivity index is 3.08. The number of nitro groups is 1. The Morgan fingerprint density at radius 2 is 2.11 bits per heavy atom. The van der Waals surface area contributed by atoms with E-state index in [0.717, 1.165) is 12.1 Å². The number of halogens is 1. The number of nitrogens with zero attached hydrogens (tertiary/aromatic N) is 1. The molecule has 0 radical (unpaired) electrons. The summed E-state index contributed by atoms with van der Waals surface area (Å²) in [7, 11) is 0. The Kier molecular flexibility index (Phi) is 4.22. The number of amides is 1. The summed E-state index contributed by atoms with van der Waals surface area (Å²) < 4.78 is 0. The average molecular weight is 273 g/mol. The Bertz CT molecular complexity index is 517. The Morgan fingerprint density at radius 3 is 2.61 bits per heavy atom. The molecule has 0 aliphatic heterocycles. The van der Waals surface area contributed by atoms with E-state index in [4.69, 9.17) is 16.7 Å². The largest absolute Gasteiger partial charge is 0.480 e. The summed E-state index contributed by atoms with van der Waals surface area (Å²) in [5.74, 6) is -2.10. The van der Waals surface area contributed by atoms with Crippen LogP contribution in [0.15, 0.2) is 18.2 Å². The summed E-state index contributed by atoms with van der Waals surface area (Å²) >= 11 is 5.65. The number of carboxylic acids is 1. The van der Waals surface area contributed by atoms with Crippen molar-refractivity contribution in [1.29, 1.82) is 0 Å². The van der Waals surface area contributed by atoms with Crippen LogP contribution >= 0.6 is 11.6 Å². The lowest BCUT2D eigenvalue weighted by molar-refractivity contribution is -0.385. The van der Waals surface area contributed by atoms with E-state index in [1.165, 1.54) is 13.0 Å². The van der Waals surface area contributed by atoms with Crippen LogP contribution in [0.5, 0.6) is 0 Å². The van der Waals surface area contributed by atoms with Crippen molar-refractivity contribution in [3.63, 3.8) is 0 Å². The van der Waals surface area contributed by atoms with Gasteiger partial charge in [-0.05, 0) is 19.1 Å². The number of hydrogen-bond acceptors (Lipinski definition) is 4. The molecule has 1 aromatic carbocycles. The van der Waals surface area contributed by atoms with Crippen LogP contribution in [0.3, 0.4) is 0 Å². The number of benzene rings is 1. The van der Waals surface area contributed by atoms with Gasteiger partial charge in [0.2, 0.25) is 0 Å². The molecule has 0 unspecified atom stereocenters. The highest BCUT2D eigenvalue weighted by Crippen LogP contribution is 2.22. The number of carboxylic acid groups (broad SMARTS) is 1. The van der Waals surface area contributed by atoms with Gasteiger partial charge in [-0.1, -0.05) is 11.6 Å². The molecule has 8 heteroatoms. The standard InChI is InChI=1S/C10H9ClN2O5/c1-5(10(15)16)12-9(14)7-4-6(11)2-3-8(7)13(17)18/h2-5H,1H3,(H,12,14)(H,15,16)/t5-/m1/s1. The van der Waals surface area contributed by atoms with Crippen LogP contribution in [0, 0.1) is 10.1 Å². The Hall–Kier alpha value is -2.15. The van der Waals surface area contributed by atoms with Crippen LogP contribution in [0.25, 0.3) is 0 Å². The molecular formula is C10H9ClN2O5. The molecule has 1 aromatic rings.